The molecule has 0 aliphatic carbocycles. The number of rotatable bonds is 3. The van der Waals surface area contributed by atoms with Gasteiger partial charge in [0.15, 0.2) is 0 Å². The normalized spacial score (nSPS) is 10.0. The van der Waals surface area contributed by atoms with E-state index >= 15 is 0 Å². The van der Waals surface area contributed by atoms with Gasteiger partial charge in [0.1, 0.15) is 5.75 Å². The first-order chi connectivity index (χ1) is 9.10. The number of anilines is 2. The van der Waals surface area contributed by atoms with Crippen LogP contribution in [-0.2, 0) is 0 Å². The third-order valence-corrected chi connectivity index (χ3v) is 2.83. The van der Waals surface area contributed by atoms with Gasteiger partial charge in [0, 0.05) is 22.3 Å². The molecular formula is C14H13ClN2O2. The summed E-state index contributed by atoms with van der Waals surface area (Å²) < 4.78 is 5.17. The van der Waals surface area contributed by atoms with Crippen LogP contribution >= 0.6 is 11.6 Å². The van der Waals surface area contributed by atoms with Crippen molar-refractivity contribution >= 4 is 28.9 Å². The molecule has 2 rings (SSSR count). The zero-order valence-corrected chi connectivity index (χ0v) is 11.1. The Hall–Kier alpha value is -2.20. The summed E-state index contributed by atoms with van der Waals surface area (Å²) in [4.78, 5) is 12.0. The van der Waals surface area contributed by atoms with Gasteiger partial charge in [0.25, 0.3) is 5.91 Å². The highest BCUT2D eigenvalue weighted by atomic mass is 35.5. The number of nitrogens with two attached hydrogens (primary N) is 1. The Labute approximate surface area is 116 Å². The van der Waals surface area contributed by atoms with Gasteiger partial charge in [-0.25, -0.2) is 0 Å². The van der Waals surface area contributed by atoms with E-state index in [1.165, 1.54) is 7.11 Å². The smallest absolute Gasteiger partial charge is 0.255 e. The Morgan fingerprint density at radius 1 is 1.21 bits per heavy atom. The van der Waals surface area contributed by atoms with Gasteiger partial charge in [0.2, 0.25) is 0 Å². The topological polar surface area (TPSA) is 64.3 Å². The highest BCUT2D eigenvalue weighted by molar-refractivity contribution is 6.30. The lowest BCUT2D eigenvalue weighted by Gasteiger charge is -2.10. The van der Waals surface area contributed by atoms with Crippen molar-refractivity contribution in [3.63, 3.8) is 0 Å². The van der Waals surface area contributed by atoms with Gasteiger partial charge in [-0.15, -0.1) is 0 Å². The average Bonchev–Trinajstić information content (AvgIpc) is 2.41. The van der Waals surface area contributed by atoms with Crippen molar-refractivity contribution in [2.24, 2.45) is 0 Å². The van der Waals surface area contributed by atoms with Crippen molar-refractivity contribution in [1.82, 2.24) is 0 Å². The van der Waals surface area contributed by atoms with Crippen molar-refractivity contribution in [3.05, 3.63) is 53.1 Å². The van der Waals surface area contributed by atoms with Crippen molar-refractivity contribution in [3.8, 4) is 5.75 Å². The summed E-state index contributed by atoms with van der Waals surface area (Å²) in [5.41, 5.74) is 7.31. The number of benzene rings is 2. The summed E-state index contributed by atoms with van der Waals surface area (Å²) in [6.45, 7) is 0. The molecule has 0 aliphatic heterocycles. The minimum Gasteiger partial charge on any atom is -0.494 e. The monoisotopic (exact) mass is 276 g/mol. The molecular weight excluding hydrogens is 264 g/mol. The molecule has 3 N–H and O–H groups in total. The Morgan fingerprint density at radius 3 is 2.53 bits per heavy atom. The number of carbonyl (C=O) groups is 1. The number of halogens is 1. The van der Waals surface area contributed by atoms with Crippen molar-refractivity contribution in [1.29, 1.82) is 0 Å². The van der Waals surface area contributed by atoms with Crippen LogP contribution in [0.5, 0.6) is 5.75 Å². The van der Waals surface area contributed by atoms with E-state index < -0.39 is 0 Å². The number of ether oxygens (including phenoxy) is 1. The lowest BCUT2D eigenvalue weighted by Crippen LogP contribution is -2.12. The van der Waals surface area contributed by atoms with E-state index in [9.17, 15) is 4.79 Å². The highest BCUT2D eigenvalue weighted by Gasteiger charge is 2.09. The predicted octanol–water partition coefficient (Wildman–Crippen LogP) is 3.18. The van der Waals surface area contributed by atoms with Gasteiger partial charge in [-0.3, -0.25) is 4.79 Å². The number of hydrogen-bond acceptors (Lipinski definition) is 3. The molecule has 0 aromatic heterocycles. The van der Waals surface area contributed by atoms with Crippen LogP contribution in [-0.4, -0.2) is 13.0 Å². The van der Waals surface area contributed by atoms with Gasteiger partial charge in [0.05, 0.1) is 12.8 Å². The van der Waals surface area contributed by atoms with E-state index in [4.69, 9.17) is 22.1 Å². The van der Waals surface area contributed by atoms with Crippen LogP contribution in [0.3, 0.4) is 0 Å². The van der Waals surface area contributed by atoms with E-state index in [1.807, 2.05) is 0 Å². The first-order valence-electron chi connectivity index (χ1n) is 5.60. The van der Waals surface area contributed by atoms with Gasteiger partial charge >= 0.3 is 0 Å². The molecule has 0 unspecified atom stereocenters. The minimum absolute atomic E-state index is 0.236. The molecule has 4 nitrogen and oxygen atoms in total. The maximum absolute atomic E-state index is 12.0. The van der Waals surface area contributed by atoms with Crippen LogP contribution in [0.4, 0.5) is 11.4 Å². The van der Waals surface area contributed by atoms with Crippen LogP contribution in [0.25, 0.3) is 0 Å². The number of amides is 1. The Morgan fingerprint density at radius 2 is 1.89 bits per heavy atom. The SMILES string of the molecule is COc1cc(N)ccc1NC(=O)c1ccc(Cl)cc1. The van der Waals surface area contributed by atoms with Gasteiger partial charge in [-0.1, -0.05) is 11.6 Å². The number of methoxy groups -OCH3 is 1. The van der Waals surface area contributed by atoms with Crippen molar-refractivity contribution < 1.29 is 9.53 Å². The predicted molar refractivity (Wildman–Crippen MR) is 76.8 cm³/mol. The molecule has 0 heterocycles. The maximum Gasteiger partial charge on any atom is 0.255 e. The van der Waals surface area contributed by atoms with E-state index in [2.05, 4.69) is 5.32 Å². The zero-order valence-electron chi connectivity index (χ0n) is 10.3. The molecule has 0 saturated heterocycles. The molecule has 0 aliphatic rings. The Bertz CT molecular complexity index is 597. The molecule has 1 amide bonds. The zero-order chi connectivity index (χ0) is 13.8. The van der Waals surface area contributed by atoms with E-state index in [0.717, 1.165) is 0 Å². The second kappa shape index (κ2) is 5.63. The molecule has 2 aromatic rings. The second-order valence-electron chi connectivity index (χ2n) is 3.92. The molecule has 0 bridgehead atoms. The standard InChI is InChI=1S/C14H13ClN2O2/c1-19-13-8-11(16)6-7-12(13)17-14(18)9-2-4-10(15)5-3-9/h2-8H,16H2,1H3,(H,17,18). The number of carbonyl (C=O) groups excluding carboxylic acids is 1. The Kier molecular flexibility index (Phi) is 3.92. The fraction of sp³-hybridized carbons (Fsp3) is 0.0714. The molecule has 0 radical (unpaired) electrons. The fourth-order valence-corrected chi connectivity index (χ4v) is 1.73. The summed E-state index contributed by atoms with van der Waals surface area (Å²) in [6.07, 6.45) is 0. The molecule has 98 valence electrons. The first-order valence-corrected chi connectivity index (χ1v) is 5.98. The van der Waals surface area contributed by atoms with Gasteiger partial charge < -0.3 is 15.8 Å². The largest absolute Gasteiger partial charge is 0.494 e. The molecule has 5 heteroatoms. The lowest BCUT2D eigenvalue weighted by atomic mass is 10.2. The van der Waals surface area contributed by atoms with Gasteiger partial charge in [-0.05, 0) is 36.4 Å². The van der Waals surface area contributed by atoms with Crippen LogP contribution in [0.2, 0.25) is 5.02 Å². The molecule has 0 spiro atoms. The third kappa shape index (κ3) is 3.17. The quantitative estimate of drug-likeness (QED) is 0.846. The molecule has 0 saturated carbocycles. The molecule has 19 heavy (non-hydrogen) atoms. The molecule has 2 aromatic carbocycles. The summed E-state index contributed by atoms with van der Waals surface area (Å²) in [6, 6.07) is 11.7. The molecule has 0 fully saturated rings. The summed E-state index contributed by atoms with van der Waals surface area (Å²) in [7, 11) is 1.52. The van der Waals surface area contributed by atoms with E-state index in [-0.39, 0.29) is 5.91 Å². The Balaban J connectivity index is 2.21. The number of nitrogens with one attached hydrogen (secondary N) is 1. The highest BCUT2D eigenvalue weighted by Crippen LogP contribution is 2.27. The maximum atomic E-state index is 12.0. The lowest BCUT2D eigenvalue weighted by molar-refractivity contribution is 0.102. The second-order valence-corrected chi connectivity index (χ2v) is 4.36. The van der Waals surface area contributed by atoms with Gasteiger partial charge in [-0.2, -0.15) is 0 Å². The van der Waals surface area contributed by atoms with Crippen LogP contribution in [0, 0.1) is 0 Å². The van der Waals surface area contributed by atoms with E-state index in [1.54, 1.807) is 42.5 Å². The van der Waals surface area contributed by atoms with Crippen molar-refractivity contribution in [2.75, 3.05) is 18.2 Å². The van der Waals surface area contributed by atoms with Crippen LogP contribution < -0.4 is 15.8 Å². The summed E-state index contributed by atoms with van der Waals surface area (Å²) in [5, 5.41) is 3.35. The summed E-state index contributed by atoms with van der Waals surface area (Å²) >= 11 is 5.78. The summed E-state index contributed by atoms with van der Waals surface area (Å²) in [5.74, 6) is 0.280. The van der Waals surface area contributed by atoms with Crippen molar-refractivity contribution in [2.45, 2.75) is 0 Å². The average molecular weight is 277 g/mol. The van der Waals surface area contributed by atoms with E-state index in [0.29, 0.717) is 27.7 Å². The number of nitrogen functional groups attached to an aromatic ring is 1. The minimum atomic E-state index is -0.236. The third-order valence-electron chi connectivity index (χ3n) is 2.58. The fourth-order valence-electron chi connectivity index (χ4n) is 1.61. The molecule has 0 atom stereocenters. The number of hydrogen-bond donors (Lipinski definition) is 2. The van der Waals surface area contributed by atoms with Crippen LogP contribution in [0.1, 0.15) is 10.4 Å². The first kappa shape index (κ1) is 13.2. The van der Waals surface area contributed by atoms with Crippen LogP contribution in [0.15, 0.2) is 42.5 Å².